The first kappa shape index (κ1) is 16.5. The molecule has 26 heavy (non-hydrogen) atoms. The van der Waals surface area contributed by atoms with Gasteiger partial charge in [-0.25, -0.2) is 0 Å². The first-order chi connectivity index (χ1) is 12.7. The molecule has 0 radical (unpaired) electrons. The van der Waals surface area contributed by atoms with Gasteiger partial charge in [-0.2, -0.15) is 0 Å². The average Bonchev–Trinajstić information content (AvgIpc) is 3.17. The van der Waals surface area contributed by atoms with Crippen LogP contribution in [0, 0.1) is 0 Å². The van der Waals surface area contributed by atoms with Crippen LogP contribution in [0.5, 0.6) is 11.5 Å². The van der Waals surface area contributed by atoms with E-state index in [0.717, 1.165) is 5.56 Å². The fourth-order valence-electron chi connectivity index (χ4n) is 2.59. The fraction of sp³-hybridized carbons (Fsp3) is 0.158. The summed E-state index contributed by atoms with van der Waals surface area (Å²) in [6.07, 6.45) is -0.267. The zero-order valence-electron chi connectivity index (χ0n) is 13.6. The van der Waals surface area contributed by atoms with Crippen molar-refractivity contribution >= 4 is 17.5 Å². The molecule has 4 rings (SSSR count). The number of carbonyl (C=O) groups excluding carboxylic acids is 1. The number of ether oxygens (including phenoxy) is 2. The van der Waals surface area contributed by atoms with E-state index in [9.17, 15) is 4.79 Å². The van der Waals surface area contributed by atoms with Crippen LogP contribution < -0.4 is 14.8 Å². The van der Waals surface area contributed by atoms with Crippen LogP contribution in [0.2, 0.25) is 5.02 Å². The summed E-state index contributed by atoms with van der Waals surface area (Å²) in [4.78, 5) is 12.3. The van der Waals surface area contributed by atoms with Gasteiger partial charge in [0, 0.05) is 16.7 Å². The minimum atomic E-state index is -0.337. The predicted molar refractivity (Wildman–Crippen MR) is 95.6 cm³/mol. The Bertz CT molecular complexity index is 923. The summed E-state index contributed by atoms with van der Waals surface area (Å²) in [5.41, 5.74) is 0.994. The minimum Gasteiger partial charge on any atom is -0.486 e. The lowest BCUT2D eigenvalue weighted by Gasteiger charge is -2.26. The molecule has 1 aliphatic heterocycles. The van der Waals surface area contributed by atoms with Gasteiger partial charge in [0.15, 0.2) is 23.0 Å². The van der Waals surface area contributed by atoms with Crippen LogP contribution in [0.3, 0.4) is 0 Å². The first-order valence-corrected chi connectivity index (χ1v) is 8.46. The number of hydrogen-bond acceptors (Lipinski definition) is 5. The van der Waals surface area contributed by atoms with Gasteiger partial charge >= 0.3 is 0 Å². The molecule has 6 nitrogen and oxygen atoms in total. The standard InChI is InChI=1S/C19H15ClN2O4/c20-13-7-5-12(6-8-13)18-9-15(22-26-18)19(23)21-10-14-11-24-16-3-1-2-4-17(16)25-14/h1-9,14H,10-11H2,(H,21,23)/t14-/m0/s1. The summed E-state index contributed by atoms with van der Waals surface area (Å²) >= 11 is 5.87. The largest absolute Gasteiger partial charge is 0.486 e. The van der Waals surface area contributed by atoms with Crippen LogP contribution in [-0.4, -0.2) is 30.3 Å². The number of aromatic nitrogens is 1. The first-order valence-electron chi connectivity index (χ1n) is 8.08. The number of benzene rings is 2. The molecular weight excluding hydrogens is 356 g/mol. The van der Waals surface area contributed by atoms with Crippen molar-refractivity contribution in [3.63, 3.8) is 0 Å². The van der Waals surface area contributed by atoms with E-state index < -0.39 is 0 Å². The van der Waals surface area contributed by atoms with E-state index in [0.29, 0.717) is 35.4 Å². The van der Waals surface area contributed by atoms with Crippen molar-refractivity contribution < 1.29 is 18.8 Å². The van der Waals surface area contributed by atoms with Gasteiger partial charge in [0.1, 0.15) is 12.7 Å². The van der Waals surface area contributed by atoms with Gasteiger partial charge in [-0.05, 0) is 36.4 Å². The lowest BCUT2D eigenvalue weighted by atomic mass is 10.1. The molecule has 1 aliphatic rings. The monoisotopic (exact) mass is 370 g/mol. The maximum absolute atomic E-state index is 12.3. The Balaban J connectivity index is 1.36. The van der Waals surface area contributed by atoms with E-state index in [2.05, 4.69) is 10.5 Å². The molecule has 0 spiro atoms. The highest BCUT2D eigenvalue weighted by Gasteiger charge is 2.22. The molecular formula is C19H15ClN2O4. The fourth-order valence-corrected chi connectivity index (χ4v) is 2.72. The molecule has 3 aromatic rings. The SMILES string of the molecule is O=C(NC[C@H]1COc2ccccc2O1)c1cc(-c2ccc(Cl)cc2)on1. The van der Waals surface area contributed by atoms with Gasteiger partial charge < -0.3 is 19.3 Å². The molecule has 1 atom stereocenters. The predicted octanol–water partition coefficient (Wildman–Crippen LogP) is 3.56. The van der Waals surface area contributed by atoms with Crippen molar-refractivity contribution in [2.75, 3.05) is 13.2 Å². The maximum Gasteiger partial charge on any atom is 0.273 e. The van der Waals surface area contributed by atoms with E-state index in [1.54, 1.807) is 30.3 Å². The summed E-state index contributed by atoms with van der Waals surface area (Å²) in [6.45, 7) is 0.669. The Labute approximate surface area is 154 Å². The lowest BCUT2D eigenvalue weighted by molar-refractivity contribution is 0.0784. The molecule has 2 aromatic carbocycles. The lowest BCUT2D eigenvalue weighted by Crippen LogP contribution is -2.40. The average molecular weight is 371 g/mol. The molecule has 1 aromatic heterocycles. The van der Waals surface area contributed by atoms with Gasteiger partial charge in [-0.1, -0.05) is 28.9 Å². The molecule has 1 amide bonds. The van der Waals surface area contributed by atoms with Gasteiger partial charge in [-0.15, -0.1) is 0 Å². The van der Waals surface area contributed by atoms with Crippen molar-refractivity contribution in [1.29, 1.82) is 0 Å². The Kier molecular flexibility index (Phi) is 4.50. The van der Waals surface area contributed by atoms with Crippen molar-refractivity contribution in [3.05, 3.63) is 65.3 Å². The van der Waals surface area contributed by atoms with Gasteiger partial charge in [0.05, 0.1) is 6.54 Å². The van der Waals surface area contributed by atoms with Crippen LogP contribution in [0.25, 0.3) is 11.3 Å². The van der Waals surface area contributed by atoms with Crippen LogP contribution in [0.15, 0.2) is 59.1 Å². The normalized spacial score (nSPS) is 15.5. The molecule has 7 heteroatoms. The molecule has 0 fully saturated rings. The second kappa shape index (κ2) is 7.09. The number of amides is 1. The van der Waals surface area contributed by atoms with E-state index >= 15 is 0 Å². The summed E-state index contributed by atoms with van der Waals surface area (Å²) in [5, 5.41) is 7.24. The van der Waals surface area contributed by atoms with E-state index in [4.69, 9.17) is 25.6 Å². The molecule has 0 aliphatic carbocycles. The molecule has 0 bridgehead atoms. The van der Waals surface area contributed by atoms with Crippen molar-refractivity contribution in [3.8, 4) is 22.8 Å². The van der Waals surface area contributed by atoms with Crippen LogP contribution in [0.1, 0.15) is 10.5 Å². The number of rotatable bonds is 4. The van der Waals surface area contributed by atoms with Crippen molar-refractivity contribution in [2.24, 2.45) is 0 Å². The second-order valence-electron chi connectivity index (χ2n) is 5.79. The van der Waals surface area contributed by atoms with E-state index in [-0.39, 0.29) is 17.7 Å². The third kappa shape index (κ3) is 3.50. The number of carbonyl (C=O) groups is 1. The Morgan fingerprint density at radius 3 is 2.73 bits per heavy atom. The number of hydrogen-bond donors (Lipinski definition) is 1. The summed E-state index contributed by atoms with van der Waals surface area (Å²) in [5.74, 6) is 1.54. The van der Waals surface area contributed by atoms with E-state index in [1.165, 1.54) is 0 Å². The molecule has 0 saturated carbocycles. The molecule has 1 N–H and O–H groups in total. The number of para-hydroxylation sites is 2. The summed E-state index contributed by atoms with van der Waals surface area (Å²) in [6, 6.07) is 16.1. The Morgan fingerprint density at radius 1 is 1.15 bits per heavy atom. The van der Waals surface area contributed by atoms with Crippen molar-refractivity contribution in [1.82, 2.24) is 10.5 Å². The van der Waals surface area contributed by atoms with Crippen LogP contribution >= 0.6 is 11.6 Å². The quantitative estimate of drug-likeness (QED) is 0.760. The molecule has 132 valence electrons. The highest BCUT2D eigenvalue weighted by Crippen LogP contribution is 2.30. The number of nitrogens with one attached hydrogen (secondary N) is 1. The molecule has 2 heterocycles. The molecule has 0 saturated heterocycles. The Hall–Kier alpha value is -2.99. The number of fused-ring (bicyclic) bond motifs is 1. The third-order valence-electron chi connectivity index (χ3n) is 3.93. The maximum atomic E-state index is 12.3. The molecule has 0 unspecified atom stereocenters. The summed E-state index contributed by atoms with van der Waals surface area (Å²) < 4.78 is 16.7. The zero-order valence-corrected chi connectivity index (χ0v) is 14.4. The van der Waals surface area contributed by atoms with Crippen molar-refractivity contribution in [2.45, 2.75) is 6.10 Å². The van der Waals surface area contributed by atoms with Crippen LogP contribution in [0.4, 0.5) is 0 Å². The van der Waals surface area contributed by atoms with Gasteiger partial charge in [0.25, 0.3) is 5.91 Å². The highest BCUT2D eigenvalue weighted by atomic mass is 35.5. The van der Waals surface area contributed by atoms with Crippen LogP contribution in [-0.2, 0) is 0 Å². The van der Waals surface area contributed by atoms with Gasteiger partial charge in [-0.3, -0.25) is 4.79 Å². The number of halogens is 1. The van der Waals surface area contributed by atoms with E-state index in [1.807, 2.05) is 24.3 Å². The Morgan fingerprint density at radius 2 is 1.92 bits per heavy atom. The number of nitrogens with zero attached hydrogens (tertiary/aromatic N) is 1. The highest BCUT2D eigenvalue weighted by molar-refractivity contribution is 6.30. The third-order valence-corrected chi connectivity index (χ3v) is 4.18. The smallest absolute Gasteiger partial charge is 0.273 e. The topological polar surface area (TPSA) is 73.6 Å². The van der Waals surface area contributed by atoms with Gasteiger partial charge in [0.2, 0.25) is 0 Å². The minimum absolute atomic E-state index is 0.201. The zero-order chi connectivity index (χ0) is 17.9. The second-order valence-corrected chi connectivity index (χ2v) is 6.23. The summed E-state index contributed by atoms with van der Waals surface area (Å²) in [7, 11) is 0.